The molecule has 0 atom stereocenters. The lowest BCUT2D eigenvalue weighted by Gasteiger charge is -2.19. The summed E-state index contributed by atoms with van der Waals surface area (Å²) in [5, 5.41) is 10.5. The molecular weight excluding hydrogens is 330 g/mol. The van der Waals surface area contributed by atoms with Crippen LogP contribution in [0.2, 0.25) is 0 Å². The number of rotatable bonds is 5. The maximum Gasteiger partial charge on any atom is 0.305 e. The second-order valence-electron chi connectivity index (χ2n) is 6.60. The van der Waals surface area contributed by atoms with Crippen LogP contribution in [0.4, 0.5) is 0 Å². The fourth-order valence-corrected chi connectivity index (χ4v) is 3.35. The zero-order valence-electron chi connectivity index (χ0n) is 15.3. The molecule has 26 heavy (non-hydrogen) atoms. The Balaban J connectivity index is 1.81. The van der Waals surface area contributed by atoms with Crippen LogP contribution in [0.3, 0.4) is 0 Å². The highest BCUT2D eigenvalue weighted by atomic mass is 16.5. The first-order valence-electron chi connectivity index (χ1n) is 8.92. The van der Waals surface area contributed by atoms with Gasteiger partial charge >= 0.3 is 5.97 Å². The summed E-state index contributed by atoms with van der Waals surface area (Å²) in [6.07, 6.45) is 1.15. The van der Waals surface area contributed by atoms with Gasteiger partial charge in [-0.2, -0.15) is 0 Å². The van der Waals surface area contributed by atoms with Gasteiger partial charge in [-0.3, -0.25) is 9.69 Å². The van der Waals surface area contributed by atoms with Crippen LogP contribution in [0.15, 0.2) is 36.4 Å². The van der Waals surface area contributed by atoms with Gasteiger partial charge in [0.1, 0.15) is 6.61 Å². The van der Waals surface area contributed by atoms with Gasteiger partial charge in [0, 0.05) is 25.1 Å². The molecule has 2 aromatic rings. The number of hydrogen-bond acceptors (Lipinski definition) is 5. The molecule has 5 heteroatoms. The van der Waals surface area contributed by atoms with E-state index in [1.54, 1.807) is 6.07 Å². The van der Waals surface area contributed by atoms with E-state index in [0.717, 1.165) is 41.8 Å². The summed E-state index contributed by atoms with van der Waals surface area (Å²) >= 11 is 0. The minimum Gasteiger partial charge on any atom is -0.504 e. The van der Waals surface area contributed by atoms with Gasteiger partial charge in [0.25, 0.3) is 0 Å². The molecule has 3 rings (SSSR count). The van der Waals surface area contributed by atoms with Crippen LogP contribution in [0.25, 0.3) is 11.1 Å². The minimum absolute atomic E-state index is 0.178. The van der Waals surface area contributed by atoms with Gasteiger partial charge in [0.15, 0.2) is 11.5 Å². The van der Waals surface area contributed by atoms with E-state index in [4.69, 9.17) is 9.47 Å². The summed E-state index contributed by atoms with van der Waals surface area (Å²) in [7, 11) is 1.41. The Kier molecular flexibility index (Phi) is 5.78. The number of ether oxygens (including phenoxy) is 2. The number of phenols is 1. The Morgan fingerprint density at radius 3 is 2.88 bits per heavy atom. The standard InChI is InChI=1S/C21H25NO4/c1-15-6-3-4-7-18(15)16-12-17-14-22(9-5-8-20(24)25-2)10-11-26-21(17)19(23)13-16/h3-4,6-7,12-13,23H,5,8-11,14H2,1-2H3. The molecule has 0 aromatic heterocycles. The van der Waals surface area contributed by atoms with Crippen molar-refractivity contribution in [2.45, 2.75) is 26.3 Å². The van der Waals surface area contributed by atoms with Crippen molar-refractivity contribution in [1.82, 2.24) is 4.90 Å². The Hall–Kier alpha value is -2.53. The lowest BCUT2D eigenvalue weighted by atomic mass is 9.98. The van der Waals surface area contributed by atoms with Gasteiger partial charge in [-0.1, -0.05) is 24.3 Å². The highest BCUT2D eigenvalue weighted by Gasteiger charge is 2.20. The van der Waals surface area contributed by atoms with Crippen LogP contribution in [0, 0.1) is 6.92 Å². The third-order valence-electron chi connectivity index (χ3n) is 4.73. The summed E-state index contributed by atoms with van der Waals surface area (Å²) in [5.74, 6) is 0.561. The summed E-state index contributed by atoms with van der Waals surface area (Å²) in [4.78, 5) is 13.5. The van der Waals surface area contributed by atoms with Crippen LogP contribution in [-0.4, -0.2) is 42.8 Å². The fourth-order valence-electron chi connectivity index (χ4n) is 3.35. The van der Waals surface area contributed by atoms with Crippen LogP contribution in [0.1, 0.15) is 24.0 Å². The zero-order chi connectivity index (χ0) is 18.5. The highest BCUT2D eigenvalue weighted by Crippen LogP contribution is 2.38. The summed E-state index contributed by atoms with van der Waals surface area (Å²) < 4.78 is 10.5. The van der Waals surface area contributed by atoms with Crippen LogP contribution >= 0.6 is 0 Å². The number of aryl methyl sites for hydroxylation is 1. The largest absolute Gasteiger partial charge is 0.504 e. The van der Waals surface area contributed by atoms with E-state index in [0.29, 0.717) is 25.3 Å². The molecule has 0 aliphatic carbocycles. The van der Waals surface area contributed by atoms with Crippen molar-refractivity contribution in [2.75, 3.05) is 26.8 Å². The Labute approximate surface area is 154 Å². The SMILES string of the molecule is COC(=O)CCCN1CCOc2c(O)cc(-c3ccccc3C)cc2C1. The van der Waals surface area contributed by atoms with E-state index in [2.05, 4.69) is 30.0 Å². The number of aromatic hydroxyl groups is 1. The molecule has 0 saturated carbocycles. The zero-order valence-corrected chi connectivity index (χ0v) is 15.3. The van der Waals surface area contributed by atoms with E-state index in [-0.39, 0.29) is 11.7 Å². The van der Waals surface area contributed by atoms with Crippen LogP contribution < -0.4 is 4.74 Å². The van der Waals surface area contributed by atoms with Crippen LogP contribution in [0.5, 0.6) is 11.5 Å². The third kappa shape index (κ3) is 4.17. The maximum atomic E-state index is 11.3. The summed E-state index contributed by atoms with van der Waals surface area (Å²) in [6.45, 7) is 4.81. The number of nitrogens with zero attached hydrogens (tertiary/aromatic N) is 1. The predicted molar refractivity (Wildman–Crippen MR) is 100 cm³/mol. The van der Waals surface area contributed by atoms with Gasteiger partial charge < -0.3 is 14.6 Å². The molecule has 0 unspecified atom stereocenters. The van der Waals surface area contributed by atoms with Gasteiger partial charge in [0.05, 0.1) is 7.11 Å². The van der Waals surface area contributed by atoms with E-state index >= 15 is 0 Å². The summed E-state index contributed by atoms with van der Waals surface area (Å²) in [5.41, 5.74) is 4.22. The minimum atomic E-state index is -0.184. The van der Waals surface area contributed by atoms with Crippen molar-refractivity contribution in [1.29, 1.82) is 0 Å². The monoisotopic (exact) mass is 355 g/mol. The van der Waals surface area contributed by atoms with Crippen molar-refractivity contribution in [3.05, 3.63) is 47.5 Å². The maximum absolute atomic E-state index is 11.3. The Morgan fingerprint density at radius 2 is 2.12 bits per heavy atom. The second kappa shape index (κ2) is 8.23. The van der Waals surface area contributed by atoms with Crippen molar-refractivity contribution >= 4 is 5.97 Å². The molecular formula is C21H25NO4. The van der Waals surface area contributed by atoms with Crippen LogP contribution in [-0.2, 0) is 16.1 Å². The molecule has 0 bridgehead atoms. The number of carbonyl (C=O) groups is 1. The number of esters is 1. The molecule has 1 aliphatic heterocycles. The second-order valence-corrected chi connectivity index (χ2v) is 6.60. The first kappa shape index (κ1) is 18.3. The lowest BCUT2D eigenvalue weighted by Crippen LogP contribution is -2.27. The topological polar surface area (TPSA) is 59.0 Å². The molecule has 138 valence electrons. The number of benzene rings is 2. The van der Waals surface area contributed by atoms with Crippen molar-refractivity contribution in [3.8, 4) is 22.6 Å². The number of methoxy groups -OCH3 is 1. The Bertz CT molecular complexity index is 788. The number of carbonyl (C=O) groups excluding carboxylic acids is 1. The molecule has 0 spiro atoms. The quantitative estimate of drug-likeness (QED) is 0.832. The fraction of sp³-hybridized carbons (Fsp3) is 0.381. The molecule has 0 fully saturated rings. The molecule has 1 N–H and O–H groups in total. The number of phenolic OH excluding ortho intramolecular Hbond substituents is 1. The molecule has 0 amide bonds. The molecule has 2 aromatic carbocycles. The van der Waals surface area contributed by atoms with E-state index in [9.17, 15) is 9.90 Å². The average molecular weight is 355 g/mol. The van der Waals surface area contributed by atoms with Crippen molar-refractivity contribution < 1.29 is 19.4 Å². The van der Waals surface area contributed by atoms with Gasteiger partial charge in [-0.15, -0.1) is 0 Å². The first-order valence-corrected chi connectivity index (χ1v) is 8.92. The van der Waals surface area contributed by atoms with E-state index < -0.39 is 0 Å². The number of fused-ring (bicyclic) bond motifs is 1. The number of hydrogen-bond donors (Lipinski definition) is 1. The molecule has 1 aliphatic rings. The van der Waals surface area contributed by atoms with Gasteiger partial charge in [-0.05, 0) is 48.7 Å². The van der Waals surface area contributed by atoms with E-state index in [1.807, 2.05) is 12.1 Å². The molecule has 5 nitrogen and oxygen atoms in total. The van der Waals surface area contributed by atoms with Crippen molar-refractivity contribution in [2.24, 2.45) is 0 Å². The first-order chi connectivity index (χ1) is 12.6. The van der Waals surface area contributed by atoms with Gasteiger partial charge in [0.2, 0.25) is 0 Å². The molecule has 1 heterocycles. The third-order valence-corrected chi connectivity index (χ3v) is 4.73. The summed E-state index contributed by atoms with van der Waals surface area (Å²) in [6, 6.07) is 12.0. The predicted octanol–water partition coefficient (Wildman–Crippen LogP) is 3.52. The normalized spacial score (nSPS) is 14.2. The lowest BCUT2D eigenvalue weighted by molar-refractivity contribution is -0.140. The smallest absolute Gasteiger partial charge is 0.305 e. The van der Waals surface area contributed by atoms with Crippen molar-refractivity contribution in [3.63, 3.8) is 0 Å². The highest BCUT2D eigenvalue weighted by molar-refractivity contribution is 5.71. The Morgan fingerprint density at radius 1 is 1.31 bits per heavy atom. The van der Waals surface area contributed by atoms with Gasteiger partial charge in [-0.25, -0.2) is 0 Å². The molecule has 0 radical (unpaired) electrons. The van der Waals surface area contributed by atoms with E-state index in [1.165, 1.54) is 7.11 Å². The molecule has 0 saturated heterocycles. The average Bonchev–Trinajstić information content (AvgIpc) is 2.84.